The second-order valence-electron chi connectivity index (χ2n) is 4.01. The van der Waals surface area contributed by atoms with Crippen molar-refractivity contribution < 1.29 is 18.0 Å². The number of amides is 1. The Labute approximate surface area is 130 Å². The molecule has 0 aliphatic carbocycles. The maximum absolute atomic E-state index is 12.7. The number of carbonyl (C=O) groups excluding carboxylic acids is 1. The molecule has 0 saturated carbocycles. The Kier molecular flexibility index (Phi) is 4.28. The van der Waals surface area contributed by atoms with Crippen molar-refractivity contribution >= 4 is 38.3 Å². The number of nitrogens with zero attached hydrogens (tertiary/aromatic N) is 4. The molecule has 2 aromatic heterocycles. The van der Waals surface area contributed by atoms with Crippen LogP contribution in [0, 0.1) is 6.92 Å². The lowest BCUT2D eigenvalue weighted by molar-refractivity contribution is -0.141. The van der Waals surface area contributed by atoms with E-state index in [0.29, 0.717) is 16.2 Å². The fraction of sp³-hybridized carbons (Fsp3) is 0.273. The van der Waals surface area contributed by atoms with E-state index in [0.717, 1.165) is 22.4 Å². The van der Waals surface area contributed by atoms with E-state index in [1.165, 1.54) is 7.05 Å². The van der Waals surface area contributed by atoms with E-state index in [1.54, 1.807) is 6.92 Å². The third-order valence-electron chi connectivity index (χ3n) is 2.48. The molecular weight excluding hydrogens is 373 g/mol. The molecule has 21 heavy (non-hydrogen) atoms. The Balaban J connectivity index is 2.39. The van der Waals surface area contributed by atoms with Gasteiger partial charge in [0.05, 0.1) is 5.56 Å². The van der Waals surface area contributed by atoms with Crippen molar-refractivity contribution in [2.75, 3.05) is 11.9 Å². The van der Waals surface area contributed by atoms with Crippen molar-refractivity contribution in [2.24, 2.45) is 0 Å². The van der Waals surface area contributed by atoms with Crippen LogP contribution in [0.25, 0.3) is 0 Å². The van der Waals surface area contributed by atoms with Crippen LogP contribution in [-0.2, 0) is 6.18 Å². The lowest BCUT2D eigenvalue weighted by Gasteiger charge is -2.15. The van der Waals surface area contributed by atoms with Gasteiger partial charge < -0.3 is 0 Å². The molecule has 0 radical (unpaired) electrons. The van der Waals surface area contributed by atoms with Crippen LogP contribution in [0.15, 0.2) is 16.7 Å². The van der Waals surface area contributed by atoms with Gasteiger partial charge in [0, 0.05) is 17.7 Å². The molecule has 2 aromatic rings. The second-order valence-corrected chi connectivity index (χ2v) is 6.03. The summed E-state index contributed by atoms with van der Waals surface area (Å²) in [7, 11) is 1.42. The minimum absolute atomic E-state index is 0.146. The van der Waals surface area contributed by atoms with Crippen LogP contribution in [0.4, 0.5) is 18.3 Å². The van der Waals surface area contributed by atoms with Gasteiger partial charge in [0.1, 0.15) is 10.7 Å². The summed E-state index contributed by atoms with van der Waals surface area (Å²) in [6.07, 6.45) is -3.66. The Hall–Kier alpha value is -1.55. The molecule has 112 valence electrons. The van der Waals surface area contributed by atoms with Crippen molar-refractivity contribution in [3.8, 4) is 0 Å². The quantitative estimate of drug-likeness (QED) is 0.801. The first-order valence-electron chi connectivity index (χ1n) is 5.51. The van der Waals surface area contributed by atoms with E-state index >= 15 is 0 Å². The van der Waals surface area contributed by atoms with Crippen molar-refractivity contribution in [3.05, 3.63) is 33.0 Å². The normalized spacial score (nSPS) is 11.5. The second kappa shape index (κ2) is 5.68. The van der Waals surface area contributed by atoms with Gasteiger partial charge in [-0.2, -0.15) is 13.2 Å². The summed E-state index contributed by atoms with van der Waals surface area (Å²) in [4.78, 5) is 16.7. The van der Waals surface area contributed by atoms with E-state index in [1.807, 2.05) is 0 Å². The summed E-state index contributed by atoms with van der Waals surface area (Å²) in [5, 5.41) is 8.50. The van der Waals surface area contributed by atoms with Crippen LogP contribution in [0.5, 0.6) is 0 Å². The molecule has 0 fully saturated rings. The van der Waals surface area contributed by atoms with Crippen molar-refractivity contribution in [2.45, 2.75) is 13.1 Å². The number of anilines is 1. The zero-order chi connectivity index (χ0) is 15.8. The number of hydrogen-bond donors (Lipinski definition) is 0. The molecule has 0 bridgehead atoms. The van der Waals surface area contributed by atoms with Crippen LogP contribution >= 0.6 is 27.3 Å². The summed E-state index contributed by atoms with van der Waals surface area (Å²) in [5.41, 5.74) is -1.27. The van der Waals surface area contributed by atoms with Crippen molar-refractivity contribution in [3.63, 3.8) is 0 Å². The summed E-state index contributed by atoms with van der Waals surface area (Å²) >= 11 is 4.20. The first-order valence-corrected chi connectivity index (χ1v) is 7.12. The standard InChI is InChI=1S/C11H8BrF3N4OS/c1-5-17-18-10(21-5)19(2)9(20)6-3-8(11(13,14)15)16-4-7(6)12/h3-4H,1-2H3. The smallest absolute Gasteiger partial charge is 0.286 e. The van der Waals surface area contributed by atoms with Gasteiger partial charge in [-0.1, -0.05) is 11.3 Å². The maximum atomic E-state index is 12.7. The number of aryl methyl sites for hydroxylation is 1. The number of pyridine rings is 1. The first-order chi connectivity index (χ1) is 9.70. The van der Waals surface area contributed by atoms with E-state index in [4.69, 9.17) is 0 Å². The molecule has 0 aromatic carbocycles. The highest BCUT2D eigenvalue weighted by Gasteiger charge is 2.34. The minimum Gasteiger partial charge on any atom is -0.286 e. The Morgan fingerprint density at radius 3 is 2.57 bits per heavy atom. The van der Waals surface area contributed by atoms with Gasteiger partial charge >= 0.3 is 6.18 Å². The van der Waals surface area contributed by atoms with E-state index in [9.17, 15) is 18.0 Å². The highest BCUT2D eigenvalue weighted by Crippen LogP contribution is 2.31. The van der Waals surface area contributed by atoms with Crippen LogP contribution in [0.1, 0.15) is 21.1 Å². The zero-order valence-corrected chi connectivity index (χ0v) is 13.2. The van der Waals surface area contributed by atoms with Gasteiger partial charge in [-0.15, -0.1) is 10.2 Å². The molecular formula is C11H8BrF3N4OS. The molecule has 0 saturated heterocycles. The Morgan fingerprint density at radius 1 is 1.38 bits per heavy atom. The van der Waals surface area contributed by atoms with Gasteiger partial charge in [-0.3, -0.25) is 14.7 Å². The fourth-order valence-electron chi connectivity index (χ4n) is 1.45. The molecule has 0 aliphatic rings. The number of rotatable bonds is 2. The summed E-state index contributed by atoms with van der Waals surface area (Å²) in [5.74, 6) is -0.633. The van der Waals surface area contributed by atoms with Gasteiger partial charge in [-0.25, -0.2) is 0 Å². The van der Waals surface area contributed by atoms with Gasteiger partial charge in [0.25, 0.3) is 5.91 Å². The predicted molar refractivity (Wildman–Crippen MR) is 74.3 cm³/mol. The fourth-order valence-corrected chi connectivity index (χ4v) is 2.48. The van der Waals surface area contributed by atoms with Gasteiger partial charge in [-0.05, 0) is 28.9 Å². The zero-order valence-electron chi connectivity index (χ0n) is 10.8. The van der Waals surface area contributed by atoms with Crippen molar-refractivity contribution in [1.82, 2.24) is 15.2 Å². The number of carbonyl (C=O) groups is 1. The highest BCUT2D eigenvalue weighted by atomic mass is 79.9. The molecule has 1 amide bonds. The molecule has 0 atom stereocenters. The van der Waals surface area contributed by atoms with Crippen molar-refractivity contribution in [1.29, 1.82) is 0 Å². The third kappa shape index (κ3) is 3.38. The lowest BCUT2D eigenvalue weighted by Crippen LogP contribution is -2.27. The van der Waals surface area contributed by atoms with E-state index in [-0.39, 0.29) is 10.0 Å². The first kappa shape index (κ1) is 15.8. The number of aromatic nitrogens is 3. The average Bonchev–Trinajstić information content (AvgIpc) is 2.83. The number of halogens is 4. The Bertz CT molecular complexity index is 688. The summed E-state index contributed by atoms with van der Waals surface area (Å²) in [6.45, 7) is 1.71. The van der Waals surface area contributed by atoms with E-state index < -0.39 is 17.8 Å². The molecule has 2 rings (SSSR count). The monoisotopic (exact) mass is 380 g/mol. The number of alkyl halides is 3. The van der Waals surface area contributed by atoms with Crippen LogP contribution in [-0.4, -0.2) is 28.1 Å². The maximum Gasteiger partial charge on any atom is 0.433 e. The average molecular weight is 381 g/mol. The molecule has 0 N–H and O–H groups in total. The summed E-state index contributed by atoms with van der Waals surface area (Å²) < 4.78 is 38.2. The molecule has 0 aliphatic heterocycles. The lowest BCUT2D eigenvalue weighted by atomic mass is 10.2. The van der Waals surface area contributed by atoms with Crippen LogP contribution < -0.4 is 4.90 Å². The number of hydrogen-bond acceptors (Lipinski definition) is 5. The van der Waals surface area contributed by atoms with E-state index in [2.05, 4.69) is 31.1 Å². The third-order valence-corrected chi connectivity index (χ3v) is 4.03. The molecule has 2 heterocycles. The van der Waals surface area contributed by atoms with Crippen LogP contribution in [0.3, 0.4) is 0 Å². The Morgan fingerprint density at radius 2 is 2.05 bits per heavy atom. The SMILES string of the molecule is Cc1nnc(N(C)C(=O)c2cc(C(F)(F)F)ncc2Br)s1. The van der Waals surface area contributed by atoms with Crippen LogP contribution in [0.2, 0.25) is 0 Å². The molecule has 0 spiro atoms. The molecule has 0 unspecified atom stereocenters. The topological polar surface area (TPSA) is 59.0 Å². The predicted octanol–water partition coefficient (Wildman–Crippen LogP) is 3.30. The minimum atomic E-state index is -4.62. The van der Waals surface area contributed by atoms with Gasteiger partial charge in [0.15, 0.2) is 0 Å². The highest BCUT2D eigenvalue weighted by molar-refractivity contribution is 9.10. The molecule has 5 nitrogen and oxygen atoms in total. The largest absolute Gasteiger partial charge is 0.433 e. The summed E-state index contributed by atoms with van der Waals surface area (Å²) in [6, 6.07) is 0.705. The van der Waals surface area contributed by atoms with Gasteiger partial charge in [0.2, 0.25) is 5.13 Å². The molecule has 10 heteroatoms.